The minimum absolute atomic E-state index is 0. The van der Waals surface area contributed by atoms with Crippen LogP contribution in [0.5, 0.6) is 0 Å². The molecule has 8 nitrogen and oxygen atoms in total. The van der Waals surface area contributed by atoms with Crippen LogP contribution in [-0.2, 0) is 9.59 Å². The van der Waals surface area contributed by atoms with Crippen LogP contribution in [0.3, 0.4) is 0 Å². The molecule has 0 fully saturated rings. The second-order valence-electron chi connectivity index (χ2n) is 3.26. The van der Waals surface area contributed by atoms with Crippen molar-refractivity contribution in [2.24, 2.45) is 11.1 Å². The third-order valence-corrected chi connectivity index (χ3v) is 1.71. The first-order valence-corrected chi connectivity index (χ1v) is 4.97. The molecule has 0 unspecified atom stereocenters. The Bertz CT molecular complexity index is 244. The molecule has 0 atom stereocenters. The van der Waals surface area contributed by atoms with Crippen LogP contribution in [0.25, 0.3) is 0 Å². The van der Waals surface area contributed by atoms with E-state index in [-0.39, 0.29) is 18.9 Å². The van der Waals surface area contributed by atoms with Gasteiger partial charge in [-0.3, -0.25) is 4.79 Å². The minimum Gasteiger partial charge on any atom is -0.545 e. The Labute approximate surface area is 129 Å². The Morgan fingerprint density at radius 2 is 1.20 bits per heavy atom. The first-order chi connectivity index (χ1) is 8.78. The zero-order chi connectivity index (χ0) is 15.9. The van der Waals surface area contributed by atoms with E-state index < -0.39 is 43.7 Å². The first-order valence-electron chi connectivity index (χ1n) is 4.97. The molecular formula is C11H20LiNO7. The van der Waals surface area contributed by atoms with Gasteiger partial charge in [-0.2, -0.15) is 0 Å². The molecule has 1 amide bonds. The second kappa shape index (κ2) is 17.9. The monoisotopic (exact) mass is 285 g/mol. The zero-order valence-corrected chi connectivity index (χ0v) is 11.5. The molecule has 9 heteroatoms. The number of hydrogen-bond donors (Lipinski definition) is 5. The van der Waals surface area contributed by atoms with Crippen LogP contribution in [0, 0.1) is 5.41 Å². The molecular weight excluding hydrogens is 265 g/mol. The van der Waals surface area contributed by atoms with Gasteiger partial charge in [0.05, 0.1) is 37.8 Å². The average Bonchev–Trinajstić information content (AvgIpc) is 2.43. The third-order valence-electron chi connectivity index (χ3n) is 1.71. The summed E-state index contributed by atoms with van der Waals surface area (Å²) in [5.74, 6) is -1.71. The largest absolute Gasteiger partial charge is 1.00 e. The van der Waals surface area contributed by atoms with Crippen LogP contribution in [0.15, 0.2) is 25.3 Å². The molecule has 0 aromatic heterocycles. The summed E-state index contributed by atoms with van der Waals surface area (Å²) in [6, 6.07) is 0. The predicted molar refractivity (Wildman–Crippen MR) is 65.4 cm³/mol. The quantitative estimate of drug-likeness (QED) is 0.239. The van der Waals surface area contributed by atoms with Crippen molar-refractivity contribution in [1.29, 1.82) is 0 Å². The van der Waals surface area contributed by atoms with Crippen LogP contribution in [0.2, 0.25) is 0 Å². The summed E-state index contributed by atoms with van der Waals surface area (Å²) in [7, 11) is 0. The number of primary amides is 1. The first kappa shape index (κ1) is 27.2. The SMILES string of the molecule is C=CC(=O)[O-].C=CC(N)=O.OCC(CO)(CO)CO.[Li+]. The summed E-state index contributed by atoms with van der Waals surface area (Å²) < 4.78 is 0. The molecule has 0 saturated carbocycles. The average molecular weight is 285 g/mol. The van der Waals surface area contributed by atoms with Crippen molar-refractivity contribution in [3.05, 3.63) is 25.3 Å². The fourth-order valence-electron chi connectivity index (χ4n) is 0.300. The van der Waals surface area contributed by atoms with Crippen molar-refractivity contribution < 1.29 is 54.0 Å². The zero-order valence-electron chi connectivity index (χ0n) is 11.5. The van der Waals surface area contributed by atoms with Crippen LogP contribution in [0.4, 0.5) is 0 Å². The summed E-state index contributed by atoms with van der Waals surface area (Å²) >= 11 is 0. The summed E-state index contributed by atoms with van der Waals surface area (Å²) in [5, 5.41) is 43.1. The molecule has 0 aliphatic rings. The Hall–Kier alpha value is -1.14. The van der Waals surface area contributed by atoms with Gasteiger partial charge in [-0.25, -0.2) is 0 Å². The van der Waals surface area contributed by atoms with Crippen molar-refractivity contribution in [1.82, 2.24) is 0 Å². The standard InChI is InChI=1S/C5H12O4.C3H5NO.C3H4O2.Li/c6-1-5(2-7,3-8)4-9;2*1-2-3(4)5;/h6-9H,1-4H2;2H,1H2,(H2,4,5);2H,1H2,(H,4,5);/q;;;+1/p-1. The van der Waals surface area contributed by atoms with Crippen molar-refractivity contribution in [3.63, 3.8) is 0 Å². The van der Waals surface area contributed by atoms with Gasteiger partial charge in [-0.15, -0.1) is 0 Å². The molecule has 0 aliphatic heterocycles. The van der Waals surface area contributed by atoms with Gasteiger partial charge in [-0.05, 0) is 12.2 Å². The van der Waals surface area contributed by atoms with Gasteiger partial charge in [0.2, 0.25) is 5.91 Å². The van der Waals surface area contributed by atoms with Crippen LogP contribution < -0.4 is 29.7 Å². The number of aliphatic carboxylic acids is 1. The van der Waals surface area contributed by atoms with Crippen molar-refractivity contribution >= 4 is 11.9 Å². The summed E-state index contributed by atoms with van der Waals surface area (Å²) in [4.78, 5) is 18.6. The van der Waals surface area contributed by atoms with E-state index in [0.717, 1.165) is 12.2 Å². The Balaban J connectivity index is -0.000000101. The topological polar surface area (TPSA) is 164 Å². The molecule has 20 heavy (non-hydrogen) atoms. The molecule has 0 bridgehead atoms. The maximum atomic E-state index is 9.47. The van der Waals surface area contributed by atoms with Gasteiger partial charge in [0, 0.05) is 0 Å². The van der Waals surface area contributed by atoms with E-state index in [2.05, 4.69) is 18.9 Å². The van der Waals surface area contributed by atoms with E-state index in [0.29, 0.717) is 0 Å². The maximum Gasteiger partial charge on any atom is 1.00 e. The smallest absolute Gasteiger partial charge is 0.545 e. The van der Waals surface area contributed by atoms with Gasteiger partial charge in [0.15, 0.2) is 0 Å². The minimum atomic E-state index is -1.23. The molecule has 112 valence electrons. The molecule has 0 heterocycles. The van der Waals surface area contributed by atoms with Crippen LogP contribution >= 0.6 is 0 Å². The number of carbonyl (C=O) groups is 2. The van der Waals surface area contributed by atoms with Gasteiger partial charge in [0.1, 0.15) is 0 Å². The van der Waals surface area contributed by atoms with Gasteiger partial charge in [0.25, 0.3) is 0 Å². The number of aliphatic hydroxyl groups excluding tert-OH is 4. The number of aliphatic hydroxyl groups is 4. The summed E-state index contributed by atoms with van der Waals surface area (Å²) in [6.45, 7) is 4.36. The number of rotatable bonds is 6. The summed E-state index contributed by atoms with van der Waals surface area (Å²) in [6.07, 6.45) is 1.78. The van der Waals surface area contributed by atoms with Gasteiger partial charge >= 0.3 is 18.9 Å². The van der Waals surface area contributed by atoms with E-state index in [9.17, 15) is 4.79 Å². The summed E-state index contributed by atoms with van der Waals surface area (Å²) in [5.41, 5.74) is 3.42. The fourth-order valence-corrected chi connectivity index (χ4v) is 0.300. The molecule has 0 aromatic rings. The van der Waals surface area contributed by atoms with E-state index in [4.69, 9.17) is 30.3 Å². The number of nitrogens with two attached hydrogens (primary N) is 1. The molecule has 0 saturated heterocycles. The molecule has 0 radical (unpaired) electrons. The van der Waals surface area contributed by atoms with Crippen LogP contribution in [-0.4, -0.2) is 58.7 Å². The van der Waals surface area contributed by atoms with Gasteiger partial charge in [-0.1, -0.05) is 13.2 Å². The number of carboxylic acid groups (broad SMARTS) is 1. The number of amides is 1. The Kier molecular flexibility index (Phi) is 24.3. The number of carboxylic acids is 1. The number of hydrogen-bond acceptors (Lipinski definition) is 7. The number of carbonyl (C=O) groups excluding carboxylic acids is 2. The van der Waals surface area contributed by atoms with Crippen LogP contribution in [0.1, 0.15) is 0 Å². The van der Waals surface area contributed by atoms with Gasteiger partial charge < -0.3 is 36.1 Å². The third kappa shape index (κ3) is 19.2. The Morgan fingerprint density at radius 1 is 1.00 bits per heavy atom. The van der Waals surface area contributed by atoms with E-state index >= 15 is 0 Å². The van der Waals surface area contributed by atoms with E-state index in [1.807, 2.05) is 0 Å². The van der Waals surface area contributed by atoms with E-state index in [1.54, 1.807) is 0 Å². The van der Waals surface area contributed by atoms with E-state index in [1.165, 1.54) is 0 Å². The predicted octanol–water partition coefficient (Wildman–Crippen LogP) is -6.47. The van der Waals surface area contributed by atoms with Crippen molar-refractivity contribution in [3.8, 4) is 0 Å². The molecule has 0 aromatic carbocycles. The molecule has 0 aliphatic carbocycles. The fraction of sp³-hybridized carbons (Fsp3) is 0.455. The molecule has 0 spiro atoms. The molecule has 6 N–H and O–H groups in total. The maximum absolute atomic E-state index is 9.47. The Morgan fingerprint density at radius 3 is 1.20 bits per heavy atom. The second-order valence-corrected chi connectivity index (χ2v) is 3.26. The molecule has 0 rings (SSSR count). The van der Waals surface area contributed by atoms with Crippen molar-refractivity contribution in [2.75, 3.05) is 26.4 Å². The normalized spacial score (nSPS) is 8.60. The van der Waals surface area contributed by atoms with Crippen molar-refractivity contribution in [2.45, 2.75) is 0 Å².